The Bertz CT molecular complexity index is 115. The lowest BCUT2D eigenvalue weighted by molar-refractivity contribution is 0.394. The van der Waals surface area contributed by atoms with Crippen molar-refractivity contribution in [1.82, 2.24) is 9.96 Å². The van der Waals surface area contributed by atoms with Gasteiger partial charge in [0.15, 0.2) is 9.12 Å². The molecular weight excluding hydrogens is 176 g/mol. The summed E-state index contributed by atoms with van der Waals surface area (Å²) >= 11 is 0. The zero-order valence-electron chi connectivity index (χ0n) is 9.91. The fourth-order valence-corrected chi connectivity index (χ4v) is 4.04. The first kappa shape index (κ1) is 13.1. The summed E-state index contributed by atoms with van der Waals surface area (Å²) in [5.74, 6) is 0. The van der Waals surface area contributed by atoms with Gasteiger partial charge in [0.1, 0.15) is 0 Å². The van der Waals surface area contributed by atoms with Crippen LogP contribution in [-0.2, 0) is 0 Å². The minimum absolute atomic E-state index is 0.482. The maximum atomic E-state index is 3.58. The monoisotopic (exact) mass is 202 g/mol. The summed E-state index contributed by atoms with van der Waals surface area (Å²) < 4.78 is 0. The lowest BCUT2D eigenvalue weighted by Crippen LogP contribution is -2.47. The number of rotatable bonds is 6. The van der Waals surface area contributed by atoms with E-state index in [1.807, 2.05) is 0 Å². The molecule has 0 aliphatic heterocycles. The Labute approximate surface area is 85.3 Å². The molecule has 0 fully saturated rings. The summed E-state index contributed by atoms with van der Waals surface area (Å²) in [6.45, 7) is 13.5. The summed E-state index contributed by atoms with van der Waals surface area (Å²) in [6.07, 6.45) is 1.32. The summed E-state index contributed by atoms with van der Waals surface area (Å²) in [6, 6.07) is 1.35. The SMILES string of the molecule is CCN[SiH](CCC(C)(C)C)NCC. The first-order valence-corrected chi connectivity index (χ1v) is 7.43. The Hall–Kier alpha value is 0.137. The lowest BCUT2D eigenvalue weighted by atomic mass is 9.94. The molecule has 0 rings (SSSR count). The summed E-state index contributed by atoms with van der Waals surface area (Å²) in [7, 11) is -0.834. The molecule has 0 aromatic rings. The quantitative estimate of drug-likeness (QED) is 0.643. The third kappa shape index (κ3) is 8.47. The van der Waals surface area contributed by atoms with E-state index >= 15 is 0 Å². The number of nitrogens with one attached hydrogen (secondary N) is 2. The third-order valence-electron chi connectivity index (χ3n) is 2.08. The molecule has 0 aliphatic carbocycles. The second kappa shape index (κ2) is 6.57. The van der Waals surface area contributed by atoms with Crippen LogP contribution in [-0.4, -0.2) is 22.2 Å². The largest absolute Gasteiger partial charge is 0.328 e. The molecule has 0 aromatic heterocycles. The molecule has 0 heterocycles. The van der Waals surface area contributed by atoms with Gasteiger partial charge in [0, 0.05) is 0 Å². The van der Waals surface area contributed by atoms with E-state index < -0.39 is 9.12 Å². The maximum Gasteiger partial charge on any atom is 0.184 e. The fraction of sp³-hybridized carbons (Fsp3) is 1.00. The van der Waals surface area contributed by atoms with Gasteiger partial charge in [-0.2, -0.15) is 0 Å². The fourth-order valence-electron chi connectivity index (χ4n) is 1.35. The van der Waals surface area contributed by atoms with Crippen molar-refractivity contribution < 1.29 is 0 Å². The van der Waals surface area contributed by atoms with Gasteiger partial charge in [-0.1, -0.05) is 34.6 Å². The summed E-state index contributed by atoms with van der Waals surface area (Å²) in [5.41, 5.74) is 0.482. The molecule has 0 saturated carbocycles. The Balaban J connectivity index is 3.68. The maximum absolute atomic E-state index is 3.58. The predicted molar refractivity (Wildman–Crippen MR) is 63.4 cm³/mol. The average Bonchev–Trinajstić information content (AvgIpc) is 2.00. The molecule has 0 amide bonds. The molecule has 2 nitrogen and oxygen atoms in total. The normalized spacial score (nSPS) is 12.5. The highest BCUT2D eigenvalue weighted by Crippen LogP contribution is 2.20. The highest BCUT2D eigenvalue weighted by Gasteiger charge is 2.15. The van der Waals surface area contributed by atoms with Gasteiger partial charge < -0.3 is 9.96 Å². The van der Waals surface area contributed by atoms with E-state index in [-0.39, 0.29) is 0 Å². The van der Waals surface area contributed by atoms with Gasteiger partial charge in [-0.25, -0.2) is 0 Å². The van der Waals surface area contributed by atoms with E-state index in [1.54, 1.807) is 0 Å². The Morgan fingerprint density at radius 3 is 1.77 bits per heavy atom. The molecule has 0 atom stereocenters. The van der Waals surface area contributed by atoms with Gasteiger partial charge in [-0.15, -0.1) is 0 Å². The van der Waals surface area contributed by atoms with Crippen molar-refractivity contribution in [3.63, 3.8) is 0 Å². The van der Waals surface area contributed by atoms with Crippen LogP contribution < -0.4 is 9.96 Å². The van der Waals surface area contributed by atoms with Crippen LogP contribution in [0.3, 0.4) is 0 Å². The third-order valence-corrected chi connectivity index (χ3v) is 4.75. The van der Waals surface area contributed by atoms with Crippen LogP contribution >= 0.6 is 0 Å². The van der Waals surface area contributed by atoms with Gasteiger partial charge in [0.2, 0.25) is 0 Å². The second-order valence-electron chi connectivity index (χ2n) is 4.77. The lowest BCUT2D eigenvalue weighted by Gasteiger charge is -2.22. The van der Waals surface area contributed by atoms with Crippen LogP contribution in [0.15, 0.2) is 0 Å². The average molecular weight is 202 g/mol. The number of hydrogen-bond acceptors (Lipinski definition) is 2. The van der Waals surface area contributed by atoms with E-state index in [0.29, 0.717) is 5.41 Å². The van der Waals surface area contributed by atoms with E-state index in [0.717, 1.165) is 13.1 Å². The van der Waals surface area contributed by atoms with Crippen molar-refractivity contribution >= 4 is 9.12 Å². The Kier molecular flexibility index (Phi) is 6.64. The standard InChI is InChI=1S/C10H26N2Si/c1-6-11-13(12-7-2)9-8-10(3,4)5/h11-13H,6-9H2,1-5H3. The molecule has 0 saturated heterocycles. The van der Waals surface area contributed by atoms with E-state index in [9.17, 15) is 0 Å². The minimum Gasteiger partial charge on any atom is -0.328 e. The van der Waals surface area contributed by atoms with Crippen molar-refractivity contribution in [2.45, 2.75) is 47.1 Å². The van der Waals surface area contributed by atoms with Gasteiger partial charge in [0.25, 0.3) is 0 Å². The molecule has 0 radical (unpaired) electrons. The van der Waals surface area contributed by atoms with Gasteiger partial charge in [-0.05, 0) is 31.0 Å². The molecule has 80 valence electrons. The molecular formula is C10H26N2Si. The van der Waals surface area contributed by atoms with Crippen molar-refractivity contribution in [3.05, 3.63) is 0 Å². The molecule has 13 heavy (non-hydrogen) atoms. The first-order valence-electron chi connectivity index (χ1n) is 5.46. The predicted octanol–water partition coefficient (Wildman–Crippen LogP) is 1.86. The molecule has 2 N–H and O–H groups in total. The van der Waals surface area contributed by atoms with E-state index in [1.165, 1.54) is 12.5 Å². The smallest absolute Gasteiger partial charge is 0.184 e. The van der Waals surface area contributed by atoms with E-state index in [4.69, 9.17) is 0 Å². The molecule has 0 bridgehead atoms. The van der Waals surface area contributed by atoms with Crippen LogP contribution in [0.4, 0.5) is 0 Å². The second-order valence-corrected chi connectivity index (χ2v) is 7.27. The molecule has 0 aliphatic rings. The van der Waals surface area contributed by atoms with Crippen molar-refractivity contribution in [1.29, 1.82) is 0 Å². The van der Waals surface area contributed by atoms with Crippen molar-refractivity contribution in [2.24, 2.45) is 5.41 Å². The van der Waals surface area contributed by atoms with Crippen LogP contribution in [0.2, 0.25) is 6.04 Å². The minimum atomic E-state index is -0.834. The Morgan fingerprint density at radius 2 is 1.46 bits per heavy atom. The van der Waals surface area contributed by atoms with Gasteiger partial charge in [-0.3, -0.25) is 0 Å². The number of hydrogen-bond donors (Lipinski definition) is 2. The zero-order valence-corrected chi connectivity index (χ0v) is 11.1. The highest BCUT2D eigenvalue weighted by molar-refractivity contribution is 6.53. The molecule has 0 unspecified atom stereocenters. The first-order chi connectivity index (χ1) is 5.99. The zero-order chi connectivity index (χ0) is 10.3. The Morgan fingerprint density at radius 1 is 1.00 bits per heavy atom. The summed E-state index contributed by atoms with van der Waals surface area (Å²) in [5, 5.41) is 0. The molecule has 0 spiro atoms. The highest BCUT2D eigenvalue weighted by atomic mass is 28.3. The van der Waals surface area contributed by atoms with E-state index in [2.05, 4.69) is 44.6 Å². The van der Waals surface area contributed by atoms with Crippen LogP contribution in [0, 0.1) is 5.41 Å². The van der Waals surface area contributed by atoms with Crippen molar-refractivity contribution in [2.75, 3.05) is 13.1 Å². The van der Waals surface area contributed by atoms with Gasteiger partial charge in [0.05, 0.1) is 0 Å². The van der Waals surface area contributed by atoms with Crippen LogP contribution in [0.5, 0.6) is 0 Å². The van der Waals surface area contributed by atoms with Gasteiger partial charge >= 0.3 is 0 Å². The van der Waals surface area contributed by atoms with Crippen LogP contribution in [0.25, 0.3) is 0 Å². The van der Waals surface area contributed by atoms with Crippen LogP contribution in [0.1, 0.15) is 41.0 Å². The summed E-state index contributed by atoms with van der Waals surface area (Å²) in [4.78, 5) is 7.17. The molecule has 0 aromatic carbocycles. The van der Waals surface area contributed by atoms with Crippen molar-refractivity contribution in [3.8, 4) is 0 Å². The molecule has 3 heteroatoms. The topological polar surface area (TPSA) is 24.1 Å².